The summed E-state index contributed by atoms with van der Waals surface area (Å²) in [6, 6.07) is 2.20. The van der Waals surface area contributed by atoms with Crippen LogP contribution in [-0.4, -0.2) is 22.9 Å². The number of hydrogen-bond donors (Lipinski definition) is 0. The third-order valence-corrected chi connectivity index (χ3v) is 3.20. The zero-order valence-electron chi connectivity index (χ0n) is 11.7. The molecule has 0 aliphatic rings. The topological polar surface area (TPSA) is 44.1 Å². The Bertz CT molecular complexity index is 316. The maximum absolute atomic E-state index is 12.6. The van der Waals surface area contributed by atoms with Crippen LogP contribution in [-0.2, 0) is 4.79 Å². The number of nitriles is 1. The summed E-state index contributed by atoms with van der Waals surface area (Å²) in [5.41, 5.74) is -1.19. The van der Waals surface area contributed by atoms with Crippen LogP contribution in [0.4, 0.5) is 0 Å². The van der Waals surface area contributed by atoms with Gasteiger partial charge in [0.05, 0.1) is 6.07 Å². The molecule has 0 atom stereocenters. The third-order valence-electron chi connectivity index (χ3n) is 3.20. The standard InChI is InChI=1S/C14H24N2O/c1-7-10-16(13(4,5)6)12(17)14(8-2,9-3)11-15/h7H,1,8-10H2,2-6H3. The van der Waals surface area contributed by atoms with E-state index in [0.29, 0.717) is 19.4 Å². The summed E-state index contributed by atoms with van der Waals surface area (Å²) < 4.78 is 0. The van der Waals surface area contributed by atoms with E-state index in [4.69, 9.17) is 0 Å². The molecule has 96 valence electrons. The van der Waals surface area contributed by atoms with Crippen LogP contribution in [0, 0.1) is 16.7 Å². The van der Waals surface area contributed by atoms with Crippen LogP contribution in [0.15, 0.2) is 12.7 Å². The summed E-state index contributed by atoms with van der Waals surface area (Å²) in [5, 5.41) is 9.31. The summed E-state index contributed by atoms with van der Waals surface area (Å²) in [6.45, 7) is 13.9. The maximum atomic E-state index is 12.6. The molecule has 17 heavy (non-hydrogen) atoms. The minimum absolute atomic E-state index is 0.0857. The van der Waals surface area contributed by atoms with Crippen molar-refractivity contribution in [2.24, 2.45) is 5.41 Å². The molecule has 0 spiro atoms. The van der Waals surface area contributed by atoms with Crippen molar-refractivity contribution in [1.29, 1.82) is 5.26 Å². The van der Waals surface area contributed by atoms with Crippen LogP contribution in [0.3, 0.4) is 0 Å². The van der Waals surface area contributed by atoms with Crippen molar-refractivity contribution in [1.82, 2.24) is 4.90 Å². The van der Waals surface area contributed by atoms with Crippen LogP contribution >= 0.6 is 0 Å². The number of amides is 1. The van der Waals surface area contributed by atoms with E-state index in [1.165, 1.54) is 0 Å². The highest BCUT2D eigenvalue weighted by Gasteiger charge is 2.41. The molecule has 0 N–H and O–H groups in total. The van der Waals surface area contributed by atoms with Gasteiger partial charge in [0.25, 0.3) is 0 Å². The van der Waals surface area contributed by atoms with Gasteiger partial charge in [-0.1, -0.05) is 19.9 Å². The van der Waals surface area contributed by atoms with Gasteiger partial charge in [0.1, 0.15) is 5.41 Å². The highest BCUT2D eigenvalue weighted by Crippen LogP contribution is 2.31. The lowest BCUT2D eigenvalue weighted by atomic mass is 9.81. The molecule has 0 bridgehead atoms. The second-order valence-corrected chi connectivity index (χ2v) is 5.28. The lowest BCUT2D eigenvalue weighted by molar-refractivity contribution is -0.143. The van der Waals surface area contributed by atoms with Gasteiger partial charge >= 0.3 is 0 Å². The van der Waals surface area contributed by atoms with E-state index in [-0.39, 0.29) is 11.4 Å². The SMILES string of the molecule is C=CCN(C(=O)C(C#N)(CC)CC)C(C)(C)C. The molecule has 0 fully saturated rings. The Hall–Kier alpha value is -1.30. The molecule has 0 aromatic heterocycles. The monoisotopic (exact) mass is 236 g/mol. The fourth-order valence-corrected chi connectivity index (χ4v) is 1.81. The zero-order chi connectivity index (χ0) is 13.7. The quantitative estimate of drug-likeness (QED) is 0.688. The number of carbonyl (C=O) groups is 1. The summed E-state index contributed by atoms with van der Waals surface area (Å²) in [6.07, 6.45) is 2.79. The Balaban J connectivity index is 5.35. The number of rotatable bonds is 5. The van der Waals surface area contributed by atoms with E-state index in [1.807, 2.05) is 34.6 Å². The van der Waals surface area contributed by atoms with E-state index in [1.54, 1.807) is 11.0 Å². The van der Waals surface area contributed by atoms with E-state index < -0.39 is 5.41 Å². The van der Waals surface area contributed by atoms with Crippen molar-refractivity contribution in [3.63, 3.8) is 0 Å². The third kappa shape index (κ3) is 3.33. The van der Waals surface area contributed by atoms with Crippen LogP contribution < -0.4 is 0 Å². The van der Waals surface area contributed by atoms with Gasteiger partial charge < -0.3 is 4.90 Å². The van der Waals surface area contributed by atoms with E-state index >= 15 is 0 Å². The molecule has 3 nitrogen and oxygen atoms in total. The fourth-order valence-electron chi connectivity index (χ4n) is 1.81. The Labute approximate surface area is 105 Å². The van der Waals surface area contributed by atoms with Gasteiger partial charge in [-0.25, -0.2) is 0 Å². The Morgan fingerprint density at radius 2 is 1.82 bits per heavy atom. The van der Waals surface area contributed by atoms with E-state index in [9.17, 15) is 10.1 Å². The molecule has 0 rings (SSSR count). The summed E-state index contributed by atoms with van der Waals surface area (Å²) in [4.78, 5) is 14.3. The number of hydrogen-bond acceptors (Lipinski definition) is 2. The van der Waals surface area contributed by atoms with Crippen molar-refractivity contribution in [2.45, 2.75) is 53.0 Å². The maximum Gasteiger partial charge on any atom is 0.243 e. The highest BCUT2D eigenvalue weighted by molar-refractivity contribution is 5.86. The van der Waals surface area contributed by atoms with Gasteiger partial charge in [-0.05, 0) is 33.6 Å². The molecule has 0 heterocycles. The molecule has 1 amide bonds. The predicted molar refractivity (Wildman–Crippen MR) is 70.3 cm³/mol. The predicted octanol–water partition coefficient (Wildman–Crippen LogP) is 3.13. The average molecular weight is 236 g/mol. The first-order valence-electron chi connectivity index (χ1n) is 6.13. The molecule has 0 saturated carbocycles. The van der Waals surface area contributed by atoms with E-state index in [0.717, 1.165) is 0 Å². The van der Waals surface area contributed by atoms with Crippen molar-refractivity contribution in [2.75, 3.05) is 6.54 Å². The second kappa shape index (κ2) is 5.86. The summed E-state index contributed by atoms with van der Waals surface area (Å²) in [7, 11) is 0. The average Bonchev–Trinajstić information content (AvgIpc) is 2.27. The van der Waals surface area contributed by atoms with Crippen LogP contribution in [0.25, 0.3) is 0 Å². The zero-order valence-corrected chi connectivity index (χ0v) is 11.7. The van der Waals surface area contributed by atoms with Crippen LogP contribution in [0.2, 0.25) is 0 Å². The smallest absolute Gasteiger partial charge is 0.243 e. The Morgan fingerprint density at radius 1 is 1.35 bits per heavy atom. The molecule has 0 aliphatic carbocycles. The van der Waals surface area contributed by atoms with Gasteiger partial charge in [0, 0.05) is 12.1 Å². The number of nitrogens with zero attached hydrogens (tertiary/aromatic N) is 2. The molecular weight excluding hydrogens is 212 g/mol. The number of carbonyl (C=O) groups excluding carboxylic acids is 1. The van der Waals surface area contributed by atoms with Crippen LogP contribution in [0.5, 0.6) is 0 Å². The van der Waals surface area contributed by atoms with Crippen molar-refractivity contribution in [3.8, 4) is 6.07 Å². The lowest BCUT2D eigenvalue weighted by Gasteiger charge is -2.39. The van der Waals surface area contributed by atoms with Gasteiger partial charge in [-0.2, -0.15) is 5.26 Å². The minimum Gasteiger partial charge on any atom is -0.333 e. The summed E-state index contributed by atoms with van der Waals surface area (Å²) >= 11 is 0. The first-order valence-corrected chi connectivity index (χ1v) is 6.13. The highest BCUT2D eigenvalue weighted by atomic mass is 16.2. The second-order valence-electron chi connectivity index (χ2n) is 5.28. The molecular formula is C14H24N2O. The Kier molecular flexibility index (Phi) is 5.41. The lowest BCUT2D eigenvalue weighted by Crippen LogP contribution is -2.51. The first kappa shape index (κ1) is 15.7. The largest absolute Gasteiger partial charge is 0.333 e. The molecule has 0 radical (unpaired) electrons. The van der Waals surface area contributed by atoms with Gasteiger partial charge in [-0.3, -0.25) is 4.79 Å². The van der Waals surface area contributed by atoms with Gasteiger partial charge in [-0.15, -0.1) is 6.58 Å². The van der Waals surface area contributed by atoms with E-state index in [2.05, 4.69) is 12.6 Å². The van der Waals surface area contributed by atoms with Gasteiger partial charge in [0.15, 0.2) is 0 Å². The molecule has 0 aliphatic heterocycles. The molecule has 3 heteroatoms. The van der Waals surface area contributed by atoms with Crippen molar-refractivity contribution < 1.29 is 4.79 Å². The first-order chi connectivity index (χ1) is 7.79. The molecule has 0 saturated heterocycles. The molecule has 0 aromatic rings. The normalized spacial score (nSPS) is 11.8. The van der Waals surface area contributed by atoms with Crippen LogP contribution in [0.1, 0.15) is 47.5 Å². The van der Waals surface area contributed by atoms with Crippen molar-refractivity contribution >= 4 is 5.91 Å². The molecule has 0 unspecified atom stereocenters. The van der Waals surface area contributed by atoms with Gasteiger partial charge in [0.2, 0.25) is 5.91 Å². The minimum atomic E-state index is -0.893. The molecule has 0 aromatic carbocycles. The van der Waals surface area contributed by atoms with Crippen molar-refractivity contribution in [3.05, 3.63) is 12.7 Å². The fraction of sp³-hybridized carbons (Fsp3) is 0.714. The Morgan fingerprint density at radius 3 is 2.06 bits per heavy atom. The summed E-state index contributed by atoms with van der Waals surface area (Å²) in [5.74, 6) is -0.0857.